The number of nitrogens with zero attached hydrogens (tertiary/aromatic N) is 3. The summed E-state index contributed by atoms with van der Waals surface area (Å²) in [4.78, 5) is 27.8. The number of methoxy groups -OCH3 is 1. The van der Waals surface area contributed by atoms with Crippen molar-refractivity contribution in [1.82, 2.24) is 0 Å². The molecule has 0 N–H and O–H groups in total. The van der Waals surface area contributed by atoms with Gasteiger partial charge in [-0.05, 0) is 50.2 Å². The van der Waals surface area contributed by atoms with Crippen molar-refractivity contribution in [2.45, 2.75) is 24.9 Å². The van der Waals surface area contributed by atoms with Gasteiger partial charge in [-0.3, -0.25) is 9.69 Å². The number of nitriles is 1. The first-order valence-corrected chi connectivity index (χ1v) is 9.41. The van der Waals surface area contributed by atoms with Crippen LogP contribution in [0.2, 0.25) is 5.02 Å². The van der Waals surface area contributed by atoms with E-state index in [1.807, 2.05) is 6.07 Å². The first kappa shape index (κ1) is 21.0. The van der Waals surface area contributed by atoms with Crippen LogP contribution >= 0.6 is 24.2 Å². The highest BCUT2D eigenvalue weighted by molar-refractivity contribution is 7.81. The van der Waals surface area contributed by atoms with E-state index in [9.17, 15) is 14.0 Å². The average molecular weight is 434 g/mol. The number of thiol groups is 1. The summed E-state index contributed by atoms with van der Waals surface area (Å²) in [6.45, 7) is 3.38. The van der Waals surface area contributed by atoms with Gasteiger partial charge in [0, 0.05) is 11.4 Å². The minimum absolute atomic E-state index is 0.203. The molecule has 6 nitrogen and oxygen atoms in total. The molecule has 1 atom stereocenters. The number of hydrogen-bond donors (Lipinski definition) is 1. The lowest BCUT2D eigenvalue weighted by molar-refractivity contribution is -0.120. The molecule has 1 aliphatic heterocycles. The van der Waals surface area contributed by atoms with Crippen molar-refractivity contribution >= 4 is 47.5 Å². The van der Waals surface area contributed by atoms with Gasteiger partial charge in [0.2, 0.25) is 0 Å². The third kappa shape index (κ3) is 3.41. The van der Waals surface area contributed by atoms with E-state index in [1.165, 1.54) is 42.3 Å². The van der Waals surface area contributed by atoms with E-state index >= 15 is 0 Å². The van der Waals surface area contributed by atoms with E-state index in [1.54, 1.807) is 24.8 Å². The fourth-order valence-corrected chi connectivity index (χ4v) is 4.16. The highest BCUT2D eigenvalue weighted by Gasteiger charge is 2.51. The second-order valence-electron chi connectivity index (χ2n) is 6.88. The minimum atomic E-state index is -1.06. The summed E-state index contributed by atoms with van der Waals surface area (Å²) in [7, 11) is 1.17. The molecule has 2 aromatic carbocycles. The molecule has 0 saturated carbocycles. The fourth-order valence-electron chi connectivity index (χ4n) is 3.29. The molecule has 1 fully saturated rings. The van der Waals surface area contributed by atoms with Gasteiger partial charge in [-0.15, -0.1) is 12.6 Å². The molecule has 0 radical (unpaired) electrons. The summed E-state index contributed by atoms with van der Waals surface area (Å²) in [6.07, 6.45) is 0. The number of benzene rings is 2. The highest BCUT2D eigenvalue weighted by Crippen LogP contribution is 2.41. The highest BCUT2D eigenvalue weighted by atomic mass is 35.5. The summed E-state index contributed by atoms with van der Waals surface area (Å²) in [6, 6.07) is 10.6. The lowest BCUT2D eigenvalue weighted by Crippen LogP contribution is -2.45. The molecule has 1 unspecified atom stereocenters. The Morgan fingerprint density at radius 2 is 1.93 bits per heavy atom. The number of ether oxygens (including phenoxy) is 1. The second-order valence-corrected chi connectivity index (χ2v) is 7.75. The third-order valence-corrected chi connectivity index (χ3v) is 5.57. The lowest BCUT2D eigenvalue weighted by Gasteiger charge is -2.33. The van der Waals surface area contributed by atoms with Crippen molar-refractivity contribution in [2.24, 2.45) is 0 Å². The third-order valence-electron chi connectivity index (χ3n) is 4.79. The zero-order valence-corrected chi connectivity index (χ0v) is 17.5. The van der Waals surface area contributed by atoms with Crippen molar-refractivity contribution in [2.75, 3.05) is 16.9 Å². The van der Waals surface area contributed by atoms with Crippen LogP contribution in [0.25, 0.3) is 0 Å². The van der Waals surface area contributed by atoms with Crippen molar-refractivity contribution < 1.29 is 18.7 Å². The van der Waals surface area contributed by atoms with Gasteiger partial charge in [0.15, 0.2) is 5.50 Å². The van der Waals surface area contributed by atoms with Gasteiger partial charge >= 0.3 is 5.97 Å². The average Bonchev–Trinajstić information content (AvgIpc) is 2.85. The van der Waals surface area contributed by atoms with Crippen molar-refractivity contribution in [3.05, 3.63) is 58.4 Å². The predicted molar refractivity (Wildman–Crippen MR) is 111 cm³/mol. The lowest BCUT2D eigenvalue weighted by atomic mass is 10.0. The van der Waals surface area contributed by atoms with Crippen LogP contribution in [0.4, 0.5) is 15.8 Å². The molecular formula is C20H17ClFN3O3S. The van der Waals surface area contributed by atoms with Gasteiger partial charge in [-0.25, -0.2) is 9.18 Å². The maximum absolute atomic E-state index is 14.5. The Hall–Kier alpha value is -2.76. The Morgan fingerprint density at radius 1 is 1.28 bits per heavy atom. The number of carbonyl (C=O) groups excluding carboxylic acids is 2. The molecule has 0 aromatic heterocycles. The Balaban J connectivity index is 2.04. The summed E-state index contributed by atoms with van der Waals surface area (Å²) in [5, 5.41) is 9.26. The number of rotatable bonds is 3. The zero-order chi connectivity index (χ0) is 21.5. The second kappa shape index (κ2) is 7.58. The van der Waals surface area contributed by atoms with E-state index < -0.39 is 22.8 Å². The topological polar surface area (TPSA) is 73.6 Å². The summed E-state index contributed by atoms with van der Waals surface area (Å²) >= 11 is 10.7. The normalized spacial score (nSPS) is 18.0. The molecule has 0 spiro atoms. The molecule has 9 heteroatoms. The Bertz CT molecular complexity index is 1050. The zero-order valence-electron chi connectivity index (χ0n) is 15.8. The van der Waals surface area contributed by atoms with Crippen LogP contribution in [-0.4, -0.2) is 30.0 Å². The molecule has 2 aromatic rings. The predicted octanol–water partition coefficient (Wildman–Crippen LogP) is 3.98. The quantitative estimate of drug-likeness (QED) is 0.585. The van der Waals surface area contributed by atoms with Crippen LogP contribution < -0.4 is 9.80 Å². The maximum atomic E-state index is 14.5. The molecule has 0 bridgehead atoms. The SMILES string of the molecule is COC(=O)c1ccc(N2C(S)N(c3ccc(C#N)c(Cl)c3)C(=O)C2(C)C)cc1F. The minimum Gasteiger partial charge on any atom is -0.465 e. The number of anilines is 2. The molecule has 29 heavy (non-hydrogen) atoms. The van der Waals surface area contributed by atoms with Gasteiger partial charge in [0.1, 0.15) is 17.4 Å². The van der Waals surface area contributed by atoms with Crippen molar-refractivity contribution in [3.8, 4) is 6.07 Å². The smallest absolute Gasteiger partial charge is 0.340 e. The standard InChI is InChI=1S/C20H17ClFN3O3S/c1-20(2)18(27)24(12-5-4-11(10-23)15(21)8-12)19(29)25(20)13-6-7-14(16(22)9-13)17(26)28-3/h4-9,19,29H,1-3H3. The largest absolute Gasteiger partial charge is 0.465 e. The van der Waals surface area contributed by atoms with E-state index in [-0.39, 0.29) is 22.1 Å². The molecule has 1 heterocycles. The number of halogens is 2. The molecule has 1 amide bonds. The number of amides is 1. The molecule has 0 aliphatic carbocycles. The monoisotopic (exact) mass is 433 g/mol. The Labute approximate surface area is 177 Å². The van der Waals surface area contributed by atoms with Crippen molar-refractivity contribution in [1.29, 1.82) is 5.26 Å². The molecule has 1 saturated heterocycles. The summed E-state index contributed by atoms with van der Waals surface area (Å²) in [5.41, 5.74) is -0.923. The Morgan fingerprint density at radius 3 is 2.48 bits per heavy atom. The Kier molecular flexibility index (Phi) is 5.48. The van der Waals surface area contributed by atoms with Crippen molar-refractivity contribution in [3.63, 3.8) is 0 Å². The molecular weight excluding hydrogens is 417 g/mol. The van der Waals surface area contributed by atoms with Crippen LogP contribution in [0.15, 0.2) is 36.4 Å². The van der Waals surface area contributed by atoms with E-state index in [0.29, 0.717) is 11.4 Å². The van der Waals surface area contributed by atoms with Crippen LogP contribution in [0.5, 0.6) is 0 Å². The molecule has 3 rings (SSSR count). The summed E-state index contributed by atoms with van der Waals surface area (Å²) < 4.78 is 19.0. The van der Waals surface area contributed by atoms with Gasteiger partial charge in [-0.2, -0.15) is 5.26 Å². The van der Waals surface area contributed by atoms with Crippen LogP contribution in [0.3, 0.4) is 0 Å². The van der Waals surface area contributed by atoms with Crippen LogP contribution in [0, 0.1) is 17.1 Å². The number of hydrogen-bond acceptors (Lipinski definition) is 6. The molecule has 1 aliphatic rings. The van der Waals surface area contributed by atoms with E-state index in [2.05, 4.69) is 17.4 Å². The summed E-state index contributed by atoms with van der Waals surface area (Å²) in [5.74, 6) is -1.84. The van der Waals surface area contributed by atoms with E-state index in [4.69, 9.17) is 16.9 Å². The van der Waals surface area contributed by atoms with Gasteiger partial charge in [-0.1, -0.05) is 11.6 Å². The van der Waals surface area contributed by atoms with Crippen LogP contribution in [-0.2, 0) is 9.53 Å². The number of esters is 1. The fraction of sp³-hybridized carbons (Fsp3) is 0.250. The number of carbonyl (C=O) groups is 2. The first-order chi connectivity index (χ1) is 13.6. The van der Waals surface area contributed by atoms with Crippen LogP contribution in [0.1, 0.15) is 29.8 Å². The van der Waals surface area contributed by atoms with E-state index in [0.717, 1.165) is 0 Å². The van der Waals surface area contributed by atoms with Gasteiger partial charge < -0.3 is 9.64 Å². The van der Waals surface area contributed by atoms with Gasteiger partial charge in [0.25, 0.3) is 5.91 Å². The maximum Gasteiger partial charge on any atom is 0.340 e. The van der Waals surface area contributed by atoms with Gasteiger partial charge in [0.05, 0.1) is 23.3 Å². The molecule has 150 valence electrons. The first-order valence-electron chi connectivity index (χ1n) is 8.52.